The number of halogens is 1. The summed E-state index contributed by atoms with van der Waals surface area (Å²) in [6, 6.07) is 8.22. The highest BCUT2D eigenvalue weighted by molar-refractivity contribution is 6.30. The van der Waals surface area contributed by atoms with Crippen molar-refractivity contribution in [3.05, 3.63) is 47.1 Å². The van der Waals surface area contributed by atoms with Crippen molar-refractivity contribution in [1.82, 2.24) is 15.1 Å². The van der Waals surface area contributed by atoms with Crippen molar-refractivity contribution in [2.45, 2.75) is 44.2 Å². The van der Waals surface area contributed by atoms with Crippen LogP contribution in [0.15, 0.2) is 36.5 Å². The van der Waals surface area contributed by atoms with Crippen LogP contribution in [0.1, 0.15) is 44.2 Å². The number of hydrogen-bond donors (Lipinski definition) is 2. The number of aromatic nitrogens is 2. The fourth-order valence-corrected chi connectivity index (χ4v) is 4.78. The lowest BCUT2D eigenvalue weighted by atomic mass is 9.73. The predicted molar refractivity (Wildman–Crippen MR) is 127 cm³/mol. The topological polar surface area (TPSA) is 104 Å². The number of rotatable bonds is 4. The molecule has 2 aromatic carbocycles. The molecule has 1 atom stereocenters. The molecule has 2 heterocycles. The highest BCUT2D eigenvalue weighted by Crippen LogP contribution is 2.49. The first-order valence-corrected chi connectivity index (χ1v) is 11.6. The van der Waals surface area contributed by atoms with E-state index >= 15 is 0 Å². The van der Waals surface area contributed by atoms with E-state index in [0.717, 1.165) is 29.5 Å². The molecule has 10 heteroatoms. The van der Waals surface area contributed by atoms with Crippen molar-refractivity contribution in [2.24, 2.45) is 0 Å². The highest BCUT2D eigenvalue weighted by atomic mass is 35.5. The quantitative estimate of drug-likeness (QED) is 0.522. The summed E-state index contributed by atoms with van der Waals surface area (Å²) in [6.45, 7) is 1.94. The van der Waals surface area contributed by atoms with Gasteiger partial charge in [0.25, 0.3) is 0 Å². The number of carbonyl (C=O) groups excluding carboxylic acids is 2. The number of benzene rings is 2. The zero-order valence-corrected chi connectivity index (χ0v) is 19.6. The standard InChI is InChI=1S/C24H25ClN4O5/c1-3-33-23(31)29-20-11-15(32-2)10-18(17(20)13-26-29)27-22(30)28-19-12-24(7-4-8-24)34-21-9-14(25)5-6-16(19)21/h5-6,9-11,13,19H,3-4,7-8,12H2,1-2H3,(H2,27,28,30). The van der Waals surface area contributed by atoms with Gasteiger partial charge in [-0.2, -0.15) is 9.78 Å². The summed E-state index contributed by atoms with van der Waals surface area (Å²) in [6.07, 6.45) is 4.58. The van der Waals surface area contributed by atoms with Crippen LogP contribution < -0.4 is 20.1 Å². The molecule has 9 nitrogen and oxygen atoms in total. The first-order chi connectivity index (χ1) is 16.4. The summed E-state index contributed by atoms with van der Waals surface area (Å²) in [5, 5.41) is 11.3. The molecule has 1 aliphatic heterocycles. The summed E-state index contributed by atoms with van der Waals surface area (Å²) in [4.78, 5) is 25.4. The van der Waals surface area contributed by atoms with Gasteiger partial charge in [0.05, 0.1) is 37.2 Å². The number of hydrogen-bond acceptors (Lipinski definition) is 6. The Labute approximate surface area is 201 Å². The van der Waals surface area contributed by atoms with Gasteiger partial charge in [-0.15, -0.1) is 0 Å². The largest absolute Gasteiger partial charge is 0.497 e. The maximum Gasteiger partial charge on any atom is 0.435 e. The first kappa shape index (κ1) is 22.3. The molecular formula is C24H25ClN4O5. The number of amides is 2. The van der Waals surface area contributed by atoms with E-state index < -0.39 is 6.09 Å². The van der Waals surface area contributed by atoms with E-state index in [2.05, 4.69) is 15.7 Å². The van der Waals surface area contributed by atoms with Crippen molar-refractivity contribution in [2.75, 3.05) is 19.0 Å². The third kappa shape index (κ3) is 4.00. The van der Waals surface area contributed by atoms with E-state index in [1.165, 1.54) is 13.3 Å². The first-order valence-electron chi connectivity index (χ1n) is 11.2. The van der Waals surface area contributed by atoms with Crippen LogP contribution in [0.3, 0.4) is 0 Å². The van der Waals surface area contributed by atoms with Crippen molar-refractivity contribution in [1.29, 1.82) is 0 Å². The van der Waals surface area contributed by atoms with E-state index in [9.17, 15) is 9.59 Å². The van der Waals surface area contributed by atoms with E-state index in [1.54, 1.807) is 31.2 Å². The molecule has 3 aromatic rings. The molecule has 178 valence electrons. The second-order valence-electron chi connectivity index (χ2n) is 8.54. The normalized spacial score (nSPS) is 17.9. The fourth-order valence-electron chi connectivity index (χ4n) is 4.62. The lowest BCUT2D eigenvalue weighted by Gasteiger charge is -2.48. The zero-order valence-electron chi connectivity index (χ0n) is 18.9. The average molecular weight is 485 g/mol. The van der Waals surface area contributed by atoms with Crippen LogP contribution in [-0.4, -0.2) is 41.2 Å². The van der Waals surface area contributed by atoms with Crippen LogP contribution in [0, 0.1) is 0 Å². The number of nitrogens with one attached hydrogen (secondary N) is 2. The third-order valence-corrected chi connectivity index (χ3v) is 6.65. The Morgan fingerprint density at radius 2 is 2.12 bits per heavy atom. The third-order valence-electron chi connectivity index (χ3n) is 6.41. The van der Waals surface area contributed by atoms with Crippen LogP contribution in [0.25, 0.3) is 10.9 Å². The number of carbonyl (C=O) groups is 2. The van der Waals surface area contributed by atoms with Crippen molar-refractivity contribution in [3.63, 3.8) is 0 Å². The van der Waals surface area contributed by atoms with E-state index in [1.807, 2.05) is 6.07 Å². The molecule has 5 rings (SSSR count). The number of urea groups is 1. The lowest BCUT2D eigenvalue weighted by molar-refractivity contribution is -0.0354. The predicted octanol–water partition coefficient (Wildman–Crippen LogP) is 5.27. The van der Waals surface area contributed by atoms with E-state index in [4.69, 9.17) is 25.8 Å². The molecule has 1 aromatic heterocycles. The van der Waals surface area contributed by atoms with Gasteiger partial charge in [0.15, 0.2) is 0 Å². The second kappa shape index (κ2) is 8.72. The molecule has 1 spiro atoms. The maximum absolute atomic E-state index is 13.1. The van der Waals surface area contributed by atoms with Gasteiger partial charge >= 0.3 is 12.1 Å². The molecule has 0 saturated heterocycles. The van der Waals surface area contributed by atoms with Gasteiger partial charge in [-0.05, 0) is 38.3 Å². The summed E-state index contributed by atoms with van der Waals surface area (Å²) in [5.41, 5.74) is 1.55. The molecule has 1 aliphatic carbocycles. The van der Waals surface area contributed by atoms with Gasteiger partial charge < -0.3 is 24.8 Å². The second-order valence-corrected chi connectivity index (χ2v) is 8.98. The Kier molecular flexibility index (Phi) is 5.73. The summed E-state index contributed by atoms with van der Waals surface area (Å²) in [7, 11) is 1.51. The van der Waals surface area contributed by atoms with Crippen molar-refractivity contribution < 1.29 is 23.8 Å². The van der Waals surface area contributed by atoms with Gasteiger partial charge in [0, 0.05) is 34.5 Å². The van der Waals surface area contributed by atoms with Crippen molar-refractivity contribution >= 4 is 40.3 Å². The summed E-state index contributed by atoms with van der Waals surface area (Å²) in [5.74, 6) is 1.18. The molecule has 1 fully saturated rings. The number of ether oxygens (including phenoxy) is 3. The molecular weight excluding hydrogens is 460 g/mol. The SMILES string of the molecule is CCOC(=O)n1ncc2c(NC(=O)NC3CC4(CCC4)Oc4cc(Cl)ccc43)cc(OC)cc21. The average Bonchev–Trinajstić information content (AvgIpc) is 3.22. The van der Waals surface area contributed by atoms with Crippen LogP contribution in [0.2, 0.25) is 5.02 Å². The molecule has 34 heavy (non-hydrogen) atoms. The molecule has 1 saturated carbocycles. The number of methoxy groups -OCH3 is 1. The Balaban J connectivity index is 1.41. The zero-order chi connectivity index (χ0) is 23.9. The summed E-state index contributed by atoms with van der Waals surface area (Å²) < 4.78 is 17.9. The summed E-state index contributed by atoms with van der Waals surface area (Å²) >= 11 is 6.19. The maximum atomic E-state index is 13.1. The number of nitrogens with zero attached hydrogens (tertiary/aromatic N) is 2. The van der Waals surface area contributed by atoms with Gasteiger partial charge in [0.2, 0.25) is 0 Å². The van der Waals surface area contributed by atoms with E-state index in [-0.39, 0.29) is 24.3 Å². The monoisotopic (exact) mass is 484 g/mol. The van der Waals surface area contributed by atoms with Crippen LogP contribution in [0.4, 0.5) is 15.3 Å². The molecule has 2 amide bonds. The smallest absolute Gasteiger partial charge is 0.435 e. The minimum Gasteiger partial charge on any atom is -0.497 e. The molecule has 0 bridgehead atoms. The van der Waals surface area contributed by atoms with Crippen LogP contribution >= 0.6 is 11.6 Å². The van der Waals surface area contributed by atoms with Gasteiger partial charge in [-0.1, -0.05) is 17.7 Å². The molecule has 1 unspecified atom stereocenters. The van der Waals surface area contributed by atoms with Gasteiger partial charge in [-0.3, -0.25) is 0 Å². The lowest BCUT2D eigenvalue weighted by Crippen LogP contribution is -2.50. The molecule has 2 N–H and O–H groups in total. The Morgan fingerprint density at radius 3 is 2.82 bits per heavy atom. The molecule has 0 radical (unpaired) electrons. The molecule has 2 aliphatic rings. The van der Waals surface area contributed by atoms with Gasteiger partial charge in [0.1, 0.15) is 17.1 Å². The fraction of sp³-hybridized carbons (Fsp3) is 0.375. The number of fused-ring (bicyclic) bond motifs is 2. The Hall–Kier alpha value is -3.46. The van der Waals surface area contributed by atoms with E-state index in [0.29, 0.717) is 39.5 Å². The highest BCUT2D eigenvalue weighted by Gasteiger charge is 2.46. The van der Waals surface area contributed by atoms with Crippen LogP contribution in [-0.2, 0) is 4.74 Å². The number of anilines is 1. The minimum atomic E-state index is -0.607. The Bertz CT molecular complexity index is 1270. The Morgan fingerprint density at radius 1 is 1.29 bits per heavy atom. The van der Waals surface area contributed by atoms with Crippen LogP contribution in [0.5, 0.6) is 11.5 Å². The van der Waals surface area contributed by atoms with Gasteiger partial charge in [-0.25, -0.2) is 9.59 Å². The minimum absolute atomic E-state index is 0.219. The van der Waals surface area contributed by atoms with Crippen molar-refractivity contribution in [3.8, 4) is 11.5 Å².